The van der Waals surface area contributed by atoms with Gasteiger partial charge in [-0.25, -0.2) is 4.39 Å². The number of thioether (sulfide) groups is 1. The first-order valence-electron chi connectivity index (χ1n) is 12.7. The topological polar surface area (TPSA) is 106 Å². The molecule has 1 atom stereocenters. The van der Waals surface area contributed by atoms with Gasteiger partial charge in [0.15, 0.2) is 15.9 Å². The van der Waals surface area contributed by atoms with E-state index in [4.69, 9.17) is 9.15 Å². The number of aliphatic hydroxyl groups is 1. The van der Waals surface area contributed by atoms with Crippen molar-refractivity contribution in [2.24, 2.45) is 0 Å². The monoisotopic (exact) mass is 579 g/mol. The van der Waals surface area contributed by atoms with Crippen LogP contribution in [0, 0.1) is 5.82 Å². The third-order valence-electron chi connectivity index (χ3n) is 6.30. The third kappa shape index (κ3) is 5.80. The van der Waals surface area contributed by atoms with Crippen LogP contribution in [0.4, 0.5) is 9.52 Å². The molecule has 3 heterocycles. The molecule has 0 spiro atoms. The summed E-state index contributed by atoms with van der Waals surface area (Å²) >= 11 is 2.39. The van der Waals surface area contributed by atoms with Gasteiger partial charge in [-0.05, 0) is 47.9 Å². The van der Waals surface area contributed by atoms with E-state index in [0.717, 1.165) is 30.6 Å². The molecule has 2 aromatic heterocycles. The molecule has 2 aromatic carbocycles. The molecule has 1 aliphatic heterocycles. The van der Waals surface area contributed by atoms with Gasteiger partial charge in [-0.3, -0.25) is 14.5 Å². The lowest BCUT2D eigenvalue weighted by atomic mass is 9.95. The maximum atomic E-state index is 14.1. The van der Waals surface area contributed by atoms with Crippen molar-refractivity contribution in [1.82, 2.24) is 10.2 Å². The summed E-state index contributed by atoms with van der Waals surface area (Å²) in [4.78, 5) is 28.1. The molecule has 1 unspecified atom stereocenters. The number of carbonyl (C=O) groups excluding carboxylic acids is 2. The lowest BCUT2D eigenvalue weighted by Gasteiger charge is -2.24. The lowest BCUT2D eigenvalue weighted by molar-refractivity contribution is -0.117. The standard InChI is InChI=1S/C29H26FN3O5S2/c1-2-3-6-14-37-20-11-7-10-18(16-20)24-23(25(34)22-13-8-15-38-22)26(35)27(36)33(24)28-31-32-29(40-28)39-17-19-9-4-5-12-21(19)30/h4-5,7-13,15-16,24,35H,2-3,6,14,17H2,1H3. The molecular weight excluding hydrogens is 553 g/mol. The van der Waals surface area contributed by atoms with Crippen molar-refractivity contribution >= 4 is 39.9 Å². The zero-order chi connectivity index (χ0) is 28.1. The molecule has 8 nitrogen and oxygen atoms in total. The minimum Gasteiger partial charge on any atom is -0.503 e. The van der Waals surface area contributed by atoms with Crippen LogP contribution in [0.5, 0.6) is 5.75 Å². The molecule has 0 saturated carbocycles. The van der Waals surface area contributed by atoms with E-state index in [9.17, 15) is 19.1 Å². The van der Waals surface area contributed by atoms with Crippen LogP contribution >= 0.6 is 23.1 Å². The second-order valence-electron chi connectivity index (χ2n) is 9.01. The number of carbonyl (C=O) groups is 2. The molecule has 1 N–H and O–H groups in total. The summed E-state index contributed by atoms with van der Waals surface area (Å²) in [5, 5.41) is 19.5. The van der Waals surface area contributed by atoms with Gasteiger partial charge in [-0.1, -0.05) is 73.2 Å². The van der Waals surface area contributed by atoms with Gasteiger partial charge in [0.05, 0.1) is 24.5 Å². The average molecular weight is 580 g/mol. The van der Waals surface area contributed by atoms with Crippen molar-refractivity contribution in [2.75, 3.05) is 11.5 Å². The van der Waals surface area contributed by atoms with E-state index < -0.39 is 23.5 Å². The Morgan fingerprint density at radius 3 is 2.77 bits per heavy atom. The Kier molecular flexibility index (Phi) is 8.61. The molecule has 4 aromatic rings. The Morgan fingerprint density at radius 1 is 1.15 bits per heavy atom. The normalized spacial score (nSPS) is 15.2. The number of hydrogen-bond acceptors (Lipinski definition) is 9. The molecule has 0 saturated heterocycles. The highest BCUT2D eigenvalue weighted by Crippen LogP contribution is 2.44. The molecule has 0 radical (unpaired) electrons. The molecule has 1 amide bonds. The van der Waals surface area contributed by atoms with Gasteiger partial charge in [-0.2, -0.15) is 0 Å². The van der Waals surface area contributed by atoms with Gasteiger partial charge in [-0.15, -0.1) is 10.2 Å². The van der Waals surface area contributed by atoms with Crippen LogP contribution in [0.15, 0.2) is 87.0 Å². The van der Waals surface area contributed by atoms with Gasteiger partial charge < -0.3 is 14.3 Å². The predicted octanol–water partition coefficient (Wildman–Crippen LogP) is 6.91. The van der Waals surface area contributed by atoms with E-state index in [1.807, 2.05) is 0 Å². The molecule has 0 bridgehead atoms. The largest absolute Gasteiger partial charge is 0.503 e. The molecule has 0 aliphatic carbocycles. The van der Waals surface area contributed by atoms with E-state index in [-0.39, 0.29) is 22.3 Å². The number of rotatable bonds is 12. The summed E-state index contributed by atoms with van der Waals surface area (Å²) in [7, 11) is 0. The Hall–Kier alpha value is -3.96. The SMILES string of the molecule is CCCCCOc1cccc(C2C(C(=O)c3ccco3)=C(O)C(=O)N2c2nnc(SCc3ccccc3F)s2)c1. The van der Waals surface area contributed by atoms with E-state index >= 15 is 0 Å². The van der Waals surface area contributed by atoms with Crippen LogP contribution < -0.4 is 9.64 Å². The minimum atomic E-state index is -0.998. The molecule has 40 heavy (non-hydrogen) atoms. The highest BCUT2D eigenvalue weighted by atomic mass is 32.2. The first kappa shape index (κ1) is 27.6. The lowest BCUT2D eigenvalue weighted by Crippen LogP contribution is -2.31. The molecule has 1 aliphatic rings. The van der Waals surface area contributed by atoms with E-state index in [0.29, 0.717) is 33.6 Å². The summed E-state index contributed by atoms with van der Waals surface area (Å²) in [6.07, 6.45) is 4.35. The second-order valence-corrected chi connectivity index (χ2v) is 11.2. The second kappa shape index (κ2) is 12.5. The Labute approximate surface area is 238 Å². The summed E-state index contributed by atoms with van der Waals surface area (Å²) in [5.41, 5.74) is 0.940. The van der Waals surface area contributed by atoms with Crippen molar-refractivity contribution in [2.45, 2.75) is 42.3 Å². The van der Waals surface area contributed by atoms with Crippen molar-refractivity contribution in [3.05, 3.63) is 101 Å². The molecule has 0 fully saturated rings. The van der Waals surface area contributed by atoms with E-state index in [1.165, 1.54) is 35.1 Å². The number of amides is 1. The van der Waals surface area contributed by atoms with Gasteiger partial charge in [0.25, 0.3) is 5.91 Å². The summed E-state index contributed by atoms with van der Waals surface area (Å²) in [5.74, 6) is -1.51. The van der Waals surface area contributed by atoms with Crippen LogP contribution in [0.25, 0.3) is 0 Å². The number of unbranched alkanes of at least 4 members (excludes halogenated alkanes) is 2. The highest BCUT2D eigenvalue weighted by Gasteiger charge is 2.46. The molecule has 5 rings (SSSR count). The number of Topliss-reactive ketones (excluding diaryl/α,β-unsaturated/α-hetero) is 1. The summed E-state index contributed by atoms with van der Waals surface area (Å²) in [6, 6.07) is 15.6. The molecule has 206 valence electrons. The van der Waals surface area contributed by atoms with Crippen LogP contribution in [-0.2, 0) is 10.5 Å². The fourth-order valence-corrected chi connectivity index (χ4v) is 6.17. The number of ketones is 1. The highest BCUT2D eigenvalue weighted by molar-refractivity contribution is 8.00. The number of halogens is 1. The maximum absolute atomic E-state index is 14.1. The van der Waals surface area contributed by atoms with Crippen LogP contribution in [0.1, 0.15) is 53.9 Å². The Morgan fingerprint density at radius 2 is 2.00 bits per heavy atom. The van der Waals surface area contributed by atoms with Gasteiger partial charge >= 0.3 is 0 Å². The number of anilines is 1. The summed E-state index contributed by atoms with van der Waals surface area (Å²) in [6.45, 7) is 2.64. The average Bonchev–Trinajstić information content (AvgIpc) is 3.72. The third-order valence-corrected chi connectivity index (χ3v) is 8.40. The number of ether oxygens (including phenoxy) is 1. The van der Waals surface area contributed by atoms with Crippen molar-refractivity contribution in [3.63, 3.8) is 0 Å². The van der Waals surface area contributed by atoms with E-state index in [1.54, 1.807) is 48.5 Å². The van der Waals surface area contributed by atoms with Crippen molar-refractivity contribution < 1.29 is 28.2 Å². The number of benzene rings is 2. The number of aromatic nitrogens is 2. The van der Waals surface area contributed by atoms with Crippen molar-refractivity contribution in [1.29, 1.82) is 0 Å². The van der Waals surface area contributed by atoms with Crippen LogP contribution in [0.2, 0.25) is 0 Å². The number of nitrogens with zero attached hydrogens (tertiary/aromatic N) is 3. The zero-order valence-corrected chi connectivity index (χ0v) is 23.2. The zero-order valence-electron chi connectivity index (χ0n) is 21.6. The van der Waals surface area contributed by atoms with Crippen LogP contribution in [0.3, 0.4) is 0 Å². The fourth-order valence-electron chi connectivity index (χ4n) is 4.32. The van der Waals surface area contributed by atoms with Crippen LogP contribution in [-0.4, -0.2) is 33.6 Å². The number of hydrogen-bond donors (Lipinski definition) is 1. The Bertz CT molecular complexity index is 1540. The number of aliphatic hydroxyl groups excluding tert-OH is 1. The predicted molar refractivity (Wildman–Crippen MR) is 150 cm³/mol. The smallest absolute Gasteiger partial charge is 0.296 e. The van der Waals surface area contributed by atoms with Gasteiger partial charge in [0.1, 0.15) is 11.6 Å². The minimum absolute atomic E-state index is 0.00781. The Balaban J connectivity index is 1.47. The molecular formula is C29H26FN3O5S2. The van der Waals surface area contributed by atoms with Gasteiger partial charge in [0.2, 0.25) is 10.9 Å². The van der Waals surface area contributed by atoms with Crippen molar-refractivity contribution in [3.8, 4) is 5.75 Å². The fraction of sp³-hybridized carbons (Fsp3) is 0.241. The van der Waals surface area contributed by atoms with Gasteiger partial charge in [0, 0.05) is 5.75 Å². The molecule has 11 heteroatoms. The number of furan rings is 1. The maximum Gasteiger partial charge on any atom is 0.296 e. The quantitative estimate of drug-likeness (QED) is 0.0835. The summed E-state index contributed by atoms with van der Waals surface area (Å²) < 4.78 is 25.8. The first-order valence-corrected chi connectivity index (χ1v) is 14.6. The van der Waals surface area contributed by atoms with E-state index in [2.05, 4.69) is 17.1 Å². The first-order chi connectivity index (χ1) is 19.5.